The van der Waals surface area contributed by atoms with Crippen LogP contribution in [0.15, 0.2) is 9.95 Å². The van der Waals surface area contributed by atoms with E-state index in [1.165, 1.54) is 4.88 Å². The van der Waals surface area contributed by atoms with Crippen molar-refractivity contribution < 1.29 is 4.74 Å². The number of thiophene rings is 1. The molecule has 0 bridgehead atoms. The molecule has 0 spiro atoms. The van der Waals surface area contributed by atoms with Crippen LogP contribution in [-0.4, -0.2) is 21.3 Å². The molecule has 0 aromatic carbocycles. The SMILES string of the molecule is CCSc1nc2c3c(sc2c(=O)[nH]1)CC(C)(C)OC3. The van der Waals surface area contributed by atoms with Crippen LogP contribution in [0.5, 0.6) is 0 Å². The first-order valence-electron chi connectivity index (χ1n) is 6.31. The molecule has 2 aromatic heterocycles. The van der Waals surface area contributed by atoms with Crippen molar-refractivity contribution in [3.8, 4) is 0 Å². The Labute approximate surface area is 119 Å². The number of aromatic nitrogens is 2. The van der Waals surface area contributed by atoms with E-state index < -0.39 is 0 Å². The van der Waals surface area contributed by atoms with Crippen LogP contribution < -0.4 is 5.56 Å². The minimum Gasteiger partial charge on any atom is -0.370 e. The van der Waals surface area contributed by atoms with E-state index >= 15 is 0 Å². The summed E-state index contributed by atoms with van der Waals surface area (Å²) in [7, 11) is 0. The summed E-state index contributed by atoms with van der Waals surface area (Å²) < 4.78 is 6.57. The molecular weight excluding hydrogens is 280 g/mol. The molecule has 0 saturated heterocycles. The van der Waals surface area contributed by atoms with Gasteiger partial charge in [0.2, 0.25) is 0 Å². The summed E-state index contributed by atoms with van der Waals surface area (Å²) in [5, 5.41) is 0.699. The van der Waals surface area contributed by atoms with Crippen molar-refractivity contribution >= 4 is 33.3 Å². The van der Waals surface area contributed by atoms with Gasteiger partial charge in [-0.1, -0.05) is 18.7 Å². The Hall–Kier alpha value is -0.850. The maximum absolute atomic E-state index is 12.1. The van der Waals surface area contributed by atoms with E-state index in [1.807, 2.05) is 6.92 Å². The van der Waals surface area contributed by atoms with Crippen molar-refractivity contribution in [1.29, 1.82) is 0 Å². The molecule has 0 radical (unpaired) electrons. The Morgan fingerprint density at radius 2 is 2.32 bits per heavy atom. The number of thioether (sulfide) groups is 1. The molecule has 6 heteroatoms. The van der Waals surface area contributed by atoms with Crippen LogP contribution in [0, 0.1) is 0 Å². The third-order valence-electron chi connectivity index (χ3n) is 3.18. The average molecular weight is 296 g/mol. The van der Waals surface area contributed by atoms with Crippen molar-refractivity contribution in [2.45, 2.75) is 44.6 Å². The lowest BCUT2D eigenvalue weighted by Crippen LogP contribution is -2.30. The van der Waals surface area contributed by atoms with Gasteiger partial charge in [-0.15, -0.1) is 11.3 Å². The molecular formula is C13H16N2O2S2. The quantitative estimate of drug-likeness (QED) is 0.684. The van der Waals surface area contributed by atoms with E-state index in [4.69, 9.17) is 4.74 Å². The lowest BCUT2D eigenvalue weighted by atomic mass is 9.98. The molecule has 1 N–H and O–H groups in total. The second kappa shape index (κ2) is 4.61. The number of ether oxygens (including phenoxy) is 1. The van der Waals surface area contributed by atoms with Crippen LogP contribution >= 0.6 is 23.1 Å². The van der Waals surface area contributed by atoms with Crippen molar-refractivity contribution in [1.82, 2.24) is 9.97 Å². The monoisotopic (exact) mass is 296 g/mol. The Morgan fingerprint density at radius 1 is 1.53 bits per heavy atom. The summed E-state index contributed by atoms with van der Waals surface area (Å²) in [6.07, 6.45) is 0.846. The third-order valence-corrected chi connectivity index (χ3v) is 5.15. The van der Waals surface area contributed by atoms with Gasteiger partial charge in [-0.25, -0.2) is 4.98 Å². The molecule has 102 valence electrons. The predicted octanol–water partition coefficient (Wildman–Crippen LogP) is 2.95. The Balaban J connectivity index is 2.18. The van der Waals surface area contributed by atoms with Gasteiger partial charge in [0.1, 0.15) is 4.70 Å². The molecule has 1 aliphatic rings. The number of hydrogen-bond donors (Lipinski definition) is 1. The molecule has 0 saturated carbocycles. The smallest absolute Gasteiger partial charge is 0.269 e. The second-order valence-electron chi connectivity index (χ2n) is 5.21. The molecule has 0 aliphatic carbocycles. The van der Waals surface area contributed by atoms with Crippen LogP contribution in [0.1, 0.15) is 31.2 Å². The Morgan fingerprint density at radius 3 is 3.05 bits per heavy atom. The molecule has 0 atom stereocenters. The summed E-state index contributed by atoms with van der Waals surface area (Å²) in [6.45, 7) is 6.76. The van der Waals surface area contributed by atoms with Crippen LogP contribution in [0.4, 0.5) is 0 Å². The van der Waals surface area contributed by atoms with E-state index in [0.29, 0.717) is 11.8 Å². The van der Waals surface area contributed by atoms with Crippen molar-refractivity contribution in [2.75, 3.05) is 5.75 Å². The highest BCUT2D eigenvalue weighted by molar-refractivity contribution is 7.99. The number of hydrogen-bond acceptors (Lipinski definition) is 5. The van der Waals surface area contributed by atoms with Gasteiger partial charge in [0, 0.05) is 16.9 Å². The maximum Gasteiger partial charge on any atom is 0.269 e. The first kappa shape index (κ1) is 13.1. The molecule has 4 nitrogen and oxygen atoms in total. The van der Waals surface area contributed by atoms with Crippen LogP contribution in [-0.2, 0) is 17.8 Å². The van der Waals surface area contributed by atoms with E-state index in [9.17, 15) is 4.79 Å². The molecule has 3 rings (SSSR count). The van der Waals surface area contributed by atoms with Gasteiger partial charge in [-0.3, -0.25) is 4.79 Å². The fraction of sp³-hybridized carbons (Fsp3) is 0.538. The zero-order valence-electron chi connectivity index (χ0n) is 11.2. The molecule has 3 heterocycles. The van der Waals surface area contributed by atoms with Crippen LogP contribution in [0.3, 0.4) is 0 Å². The third kappa shape index (κ3) is 2.32. The highest BCUT2D eigenvalue weighted by Gasteiger charge is 2.30. The molecule has 0 unspecified atom stereocenters. The molecule has 1 aliphatic heterocycles. The van der Waals surface area contributed by atoms with Crippen molar-refractivity contribution in [3.63, 3.8) is 0 Å². The fourth-order valence-corrected chi connectivity index (χ4v) is 4.21. The summed E-state index contributed by atoms with van der Waals surface area (Å²) in [5.41, 5.74) is 1.75. The first-order chi connectivity index (χ1) is 9.00. The van der Waals surface area contributed by atoms with Crippen molar-refractivity contribution in [2.24, 2.45) is 0 Å². The zero-order chi connectivity index (χ0) is 13.6. The zero-order valence-corrected chi connectivity index (χ0v) is 12.8. The first-order valence-corrected chi connectivity index (χ1v) is 8.12. The highest BCUT2D eigenvalue weighted by atomic mass is 32.2. The lowest BCUT2D eigenvalue weighted by Gasteiger charge is -2.29. The van der Waals surface area contributed by atoms with Gasteiger partial charge in [0.15, 0.2) is 5.16 Å². The molecule has 0 amide bonds. The number of fused-ring (bicyclic) bond motifs is 3. The highest BCUT2D eigenvalue weighted by Crippen LogP contribution is 2.37. The largest absolute Gasteiger partial charge is 0.370 e. The molecule has 0 fully saturated rings. The van der Waals surface area contributed by atoms with E-state index in [2.05, 4.69) is 23.8 Å². The standard InChI is InChI=1S/C13H16N2O2S2/c1-4-18-12-14-9-7-6-17-13(2,3)5-8(7)19-10(9)11(16)15-12/h4-6H2,1-3H3,(H,14,15,16). The van der Waals surface area contributed by atoms with Crippen LogP contribution in [0.2, 0.25) is 0 Å². The van der Waals surface area contributed by atoms with E-state index in [-0.39, 0.29) is 11.2 Å². The van der Waals surface area contributed by atoms with Gasteiger partial charge >= 0.3 is 0 Å². The minimum absolute atomic E-state index is 0.0295. The molecule has 19 heavy (non-hydrogen) atoms. The summed E-state index contributed by atoms with van der Waals surface area (Å²) in [6, 6.07) is 0. The number of rotatable bonds is 2. The van der Waals surface area contributed by atoms with Crippen molar-refractivity contribution in [3.05, 3.63) is 20.8 Å². The summed E-state index contributed by atoms with van der Waals surface area (Å²) in [4.78, 5) is 20.8. The van der Waals surface area contributed by atoms with Gasteiger partial charge in [0.05, 0.1) is 17.7 Å². The van der Waals surface area contributed by atoms with Gasteiger partial charge < -0.3 is 9.72 Å². The fourth-order valence-electron chi connectivity index (χ4n) is 2.26. The summed E-state index contributed by atoms with van der Waals surface area (Å²) >= 11 is 3.12. The Bertz CT molecular complexity index is 688. The summed E-state index contributed by atoms with van der Waals surface area (Å²) in [5.74, 6) is 0.893. The minimum atomic E-state index is -0.151. The Kier molecular flexibility index (Phi) is 3.19. The predicted molar refractivity (Wildman–Crippen MR) is 79.2 cm³/mol. The number of nitrogens with zero attached hydrogens (tertiary/aromatic N) is 1. The second-order valence-corrected chi connectivity index (χ2v) is 7.57. The average Bonchev–Trinajstić information content (AvgIpc) is 2.66. The van der Waals surface area contributed by atoms with E-state index in [0.717, 1.165) is 28.0 Å². The van der Waals surface area contributed by atoms with E-state index in [1.54, 1.807) is 23.1 Å². The molecule has 2 aromatic rings. The number of nitrogens with one attached hydrogen (secondary N) is 1. The topological polar surface area (TPSA) is 55.0 Å². The lowest BCUT2D eigenvalue weighted by molar-refractivity contribution is -0.0383. The number of aromatic amines is 1. The van der Waals surface area contributed by atoms with Gasteiger partial charge in [-0.2, -0.15) is 0 Å². The normalized spacial score (nSPS) is 17.6. The number of H-pyrrole nitrogens is 1. The van der Waals surface area contributed by atoms with Gasteiger partial charge in [-0.05, 0) is 19.6 Å². The van der Waals surface area contributed by atoms with Crippen LogP contribution in [0.25, 0.3) is 10.2 Å². The van der Waals surface area contributed by atoms with Gasteiger partial charge in [0.25, 0.3) is 5.56 Å². The maximum atomic E-state index is 12.1.